The molecule has 1 unspecified atom stereocenters. The molecule has 0 spiro atoms. The van der Waals surface area contributed by atoms with E-state index in [2.05, 4.69) is 10.6 Å². The summed E-state index contributed by atoms with van der Waals surface area (Å²) in [7, 11) is 0. The lowest BCUT2D eigenvalue weighted by atomic mass is 10.1. The third-order valence-electron chi connectivity index (χ3n) is 2.76. The third-order valence-corrected chi connectivity index (χ3v) is 2.76. The third kappa shape index (κ3) is 2.82. The van der Waals surface area contributed by atoms with Gasteiger partial charge in [0.05, 0.1) is 0 Å². The van der Waals surface area contributed by atoms with Crippen molar-refractivity contribution in [3.8, 4) is 0 Å². The van der Waals surface area contributed by atoms with Crippen LogP contribution in [0.25, 0.3) is 0 Å². The number of nitrogens with zero attached hydrogens (tertiary/aromatic N) is 1. The van der Waals surface area contributed by atoms with Gasteiger partial charge >= 0.3 is 12.1 Å². The summed E-state index contributed by atoms with van der Waals surface area (Å²) >= 11 is 0. The number of hydrogen-bond donors (Lipinski definition) is 2. The quantitative estimate of drug-likeness (QED) is 0.816. The highest BCUT2D eigenvalue weighted by Gasteiger charge is 2.29. The van der Waals surface area contributed by atoms with Crippen LogP contribution in [0.1, 0.15) is 11.6 Å². The molecule has 99 valence electrons. The second-order valence-electron chi connectivity index (χ2n) is 4.04. The predicted molar refractivity (Wildman–Crippen MR) is 65.9 cm³/mol. The summed E-state index contributed by atoms with van der Waals surface area (Å²) in [5.74, 6) is -0.931. The van der Waals surface area contributed by atoms with E-state index in [1.807, 2.05) is 0 Å². The average molecular weight is 261 g/mol. The molecule has 0 aromatic heterocycles. The Morgan fingerprint density at radius 2 is 2.00 bits per heavy atom. The Morgan fingerprint density at radius 1 is 1.32 bits per heavy atom. The van der Waals surface area contributed by atoms with Crippen molar-refractivity contribution in [2.45, 2.75) is 6.04 Å². The van der Waals surface area contributed by atoms with Gasteiger partial charge in [-0.1, -0.05) is 30.3 Å². The van der Waals surface area contributed by atoms with Gasteiger partial charge in [0.1, 0.15) is 6.04 Å². The lowest BCUT2D eigenvalue weighted by Crippen LogP contribution is -2.45. The summed E-state index contributed by atoms with van der Waals surface area (Å²) < 4.78 is 0. The van der Waals surface area contributed by atoms with Gasteiger partial charge in [0, 0.05) is 13.1 Å². The van der Waals surface area contributed by atoms with Crippen LogP contribution in [0.2, 0.25) is 0 Å². The van der Waals surface area contributed by atoms with Crippen molar-refractivity contribution in [3.05, 3.63) is 35.9 Å². The maximum atomic E-state index is 11.9. The van der Waals surface area contributed by atoms with Crippen LogP contribution in [0.4, 0.5) is 9.59 Å². The number of rotatable bonds is 3. The number of carbonyl (C=O) groups is 3. The number of urea groups is 2. The Labute approximate surface area is 109 Å². The van der Waals surface area contributed by atoms with Crippen molar-refractivity contribution in [2.75, 3.05) is 13.1 Å². The fourth-order valence-corrected chi connectivity index (χ4v) is 1.81. The molecule has 1 saturated heterocycles. The molecule has 19 heavy (non-hydrogen) atoms. The zero-order chi connectivity index (χ0) is 13.8. The molecule has 3 N–H and O–H groups in total. The first-order chi connectivity index (χ1) is 9.09. The molecule has 5 amide bonds. The van der Waals surface area contributed by atoms with Crippen molar-refractivity contribution in [1.82, 2.24) is 21.3 Å². The Balaban J connectivity index is 2.12. The van der Waals surface area contributed by atoms with E-state index in [1.54, 1.807) is 30.3 Å². The smallest absolute Gasteiger partial charge is 0.326 e. The minimum atomic E-state index is -1.07. The zero-order valence-electron chi connectivity index (χ0n) is 10.1. The molecule has 1 aliphatic rings. The lowest BCUT2D eigenvalue weighted by molar-refractivity contribution is -0.120. The lowest BCUT2D eigenvalue weighted by Gasteiger charge is -2.19. The van der Waals surface area contributed by atoms with Crippen LogP contribution in [0.3, 0.4) is 0 Å². The second-order valence-corrected chi connectivity index (χ2v) is 4.04. The van der Waals surface area contributed by atoms with Crippen LogP contribution in [-0.4, -0.2) is 36.0 Å². The van der Waals surface area contributed by atoms with E-state index < -0.39 is 24.0 Å². The molecule has 1 atom stereocenters. The first-order valence-electron chi connectivity index (χ1n) is 5.76. The Morgan fingerprint density at radius 3 is 2.53 bits per heavy atom. The zero-order valence-corrected chi connectivity index (χ0v) is 10.1. The second kappa shape index (κ2) is 5.38. The van der Waals surface area contributed by atoms with Gasteiger partial charge in [0.15, 0.2) is 0 Å². The van der Waals surface area contributed by atoms with Crippen molar-refractivity contribution >= 4 is 18.0 Å². The molecule has 0 aliphatic carbocycles. The first-order valence-corrected chi connectivity index (χ1v) is 5.76. The molecule has 7 nitrogen and oxygen atoms in total. The van der Waals surface area contributed by atoms with E-state index in [4.69, 9.17) is 5.73 Å². The Bertz CT molecular complexity index is 503. The summed E-state index contributed by atoms with van der Waals surface area (Å²) in [4.78, 5) is 35.5. The minimum Gasteiger partial charge on any atom is -0.336 e. The van der Waals surface area contributed by atoms with Crippen LogP contribution in [0.15, 0.2) is 30.3 Å². The number of imide groups is 1. The summed E-state index contributed by atoms with van der Waals surface area (Å²) in [5, 5.41) is 4.88. The molecule has 0 saturated carbocycles. The van der Waals surface area contributed by atoms with Gasteiger partial charge < -0.3 is 10.6 Å². The normalized spacial score (nSPS) is 15.8. The molecule has 1 fully saturated rings. The van der Waals surface area contributed by atoms with Crippen LogP contribution >= 0.6 is 0 Å². The van der Waals surface area contributed by atoms with Crippen molar-refractivity contribution < 1.29 is 14.4 Å². The fourth-order valence-electron chi connectivity index (χ4n) is 1.81. The maximum absolute atomic E-state index is 11.9. The topological polar surface area (TPSA) is 102 Å². The standard InChI is InChI=1S/C12H13N4O3/c13-10(17)9(8-4-2-1-3-5-8)15-12(19)16-7-6-14-11(16)18/h1-5,9,13H,6-7H2,(H,14,18)(H,15,19). The Kier molecular flexibility index (Phi) is 3.65. The average Bonchev–Trinajstić information content (AvgIpc) is 2.82. The van der Waals surface area contributed by atoms with E-state index in [0.29, 0.717) is 12.1 Å². The van der Waals surface area contributed by atoms with Gasteiger partial charge in [0.2, 0.25) is 0 Å². The van der Waals surface area contributed by atoms with E-state index in [1.165, 1.54) is 0 Å². The SMILES string of the molecule is [NH]C(=O)C(NC(=O)N1CCNC1=O)c1ccccc1. The monoisotopic (exact) mass is 261 g/mol. The maximum Gasteiger partial charge on any atom is 0.326 e. The number of carbonyl (C=O) groups excluding carboxylic acids is 3. The predicted octanol–water partition coefficient (Wildman–Crippen LogP) is 0.272. The molecule has 1 aromatic rings. The van der Waals surface area contributed by atoms with Gasteiger partial charge in [0.25, 0.3) is 5.91 Å². The molecule has 1 aromatic carbocycles. The van der Waals surface area contributed by atoms with Gasteiger partial charge in [-0.05, 0) is 5.56 Å². The van der Waals surface area contributed by atoms with E-state index in [-0.39, 0.29) is 6.54 Å². The van der Waals surface area contributed by atoms with E-state index >= 15 is 0 Å². The molecule has 7 heteroatoms. The van der Waals surface area contributed by atoms with Crippen molar-refractivity contribution in [3.63, 3.8) is 0 Å². The summed E-state index contributed by atoms with van der Waals surface area (Å²) in [6.07, 6.45) is 0. The summed E-state index contributed by atoms with van der Waals surface area (Å²) in [6.45, 7) is 0.634. The van der Waals surface area contributed by atoms with Gasteiger partial charge in [-0.2, -0.15) is 0 Å². The number of amides is 5. The highest BCUT2D eigenvalue weighted by molar-refractivity contribution is 5.97. The molecule has 1 heterocycles. The van der Waals surface area contributed by atoms with Gasteiger partial charge in [-0.25, -0.2) is 14.5 Å². The van der Waals surface area contributed by atoms with E-state index in [0.717, 1.165) is 4.90 Å². The molecule has 1 aliphatic heterocycles. The molecule has 2 rings (SSSR count). The molecule has 1 radical (unpaired) electrons. The Hall–Kier alpha value is -2.57. The molecule has 0 bridgehead atoms. The van der Waals surface area contributed by atoms with Crippen molar-refractivity contribution in [1.29, 1.82) is 0 Å². The van der Waals surface area contributed by atoms with E-state index in [9.17, 15) is 14.4 Å². The van der Waals surface area contributed by atoms with Crippen LogP contribution < -0.4 is 16.4 Å². The summed E-state index contributed by atoms with van der Waals surface area (Å²) in [6, 6.07) is 6.22. The van der Waals surface area contributed by atoms with Crippen LogP contribution in [0, 0.1) is 0 Å². The minimum absolute atomic E-state index is 0.248. The van der Waals surface area contributed by atoms with Crippen molar-refractivity contribution in [2.24, 2.45) is 0 Å². The fraction of sp³-hybridized carbons (Fsp3) is 0.250. The number of hydrogen-bond acceptors (Lipinski definition) is 3. The largest absolute Gasteiger partial charge is 0.336 e. The molecular formula is C12H13N4O3. The van der Waals surface area contributed by atoms with Crippen LogP contribution in [0.5, 0.6) is 0 Å². The highest BCUT2D eigenvalue weighted by Crippen LogP contribution is 2.13. The first kappa shape index (κ1) is 12.9. The number of nitrogens with one attached hydrogen (secondary N) is 3. The highest BCUT2D eigenvalue weighted by atomic mass is 16.2. The molecular weight excluding hydrogens is 248 g/mol. The summed E-state index contributed by atoms with van der Waals surface area (Å²) in [5.41, 5.74) is 7.72. The van der Waals surface area contributed by atoms with Crippen LogP contribution in [-0.2, 0) is 4.79 Å². The number of benzene rings is 1. The van der Waals surface area contributed by atoms with Gasteiger partial charge in [-0.3, -0.25) is 10.5 Å². The van der Waals surface area contributed by atoms with Gasteiger partial charge in [-0.15, -0.1) is 0 Å².